The number of ketones is 2. The van der Waals surface area contributed by atoms with E-state index in [1.165, 1.54) is 18.2 Å². The molecule has 0 aromatic heterocycles. The fourth-order valence-electron chi connectivity index (χ4n) is 2.09. The van der Waals surface area contributed by atoms with Gasteiger partial charge in [-0.3, -0.25) is 9.59 Å². The maximum absolute atomic E-state index is 12.7. The number of Topliss-reactive ketones (excluding diaryl/α,β-unsaturated/α-hetero) is 2. The van der Waals surface area contributed by atoms with Crippen molar-refractivity contribution in [2.24, 2.45) is 5.92 Å². The van der Waals surface area contributed by atoms with E-state index in [0.29, 0.717) is 6.61 Å². The van der Waals surface area contributed by atoms with Crippen LogP contribution in [0.1, 0.15) is 30.1 Å². The Morgan fingerprint density at radius 2 is 2.00 bits per heavy atom. The Bertz CT molecular complexity index is 776. The van der Waals surface area contributed by atoms with Gasteiger partial charge in [-0.15, -0.1) is 0 Å². The predicted molar refractivity (Wildman–Crippen MR) is 86.3 cm³/mol. The van der Waals surface area contributed by atoms with Crippen molar-refractivity contribution in [3.05, 3.63) is 40.6 Å². The summed E-state index contributed by atoms with van der Waals surface area (Å²) in [7, 11) is -3.67. The molecule has 0 N–H and O–H groups in total. The van der Waals surface area contributed by atoms with E-state index in [9.17, 15) is 18.0 Å². The molecule has 7 heteroatoms. The molecule has 1 aliphatic carbocycles. The molecule has 124 valence electrons. The first-order valence-corrected chi connectivity index (χ1v) is 9.43. The molecule has 0 amide bonds. The number of carbonyl (C=O) groups excluding carboxylic acids is 2. The van der Waals surface area contributed by atoms with E-state index in [-0.39, 0.29) is 32.8 Å². The summed E-state index contributed by atoms with van der Waals surface area (Å²) in [5.41, 5.74) is -0.196. The summed E-state index contributed by atoms with van der Waals surface area (Å²) in [6.45, 7) is 2.03. The molecule has 0 unspecified atom stereocenters. The molecule has 5 nitrogen and oxygen atoms in total. The summed E-state index contributed by atoms with van der Waals surface area (Å²) in [6, 6.07) is 3.95. The number of carbonyl (C=O) groups is 2. The fourth-order valence-corrected chi connectivity index (χ4v) is 3.23. The van der Waals surface area contributed by atoms with Gasteiger partial charge in [0.15, 0.2) is 15.6 Å². The molecule has 0 saturated heterocycles. The van der Waals surface area contributed by atoms with Gasteiger partial charge in [-0.1, -0.05) is 11.6 Å². The van der Waals surface area contributed by atoms with Gasteiger partial charge in [0.25, 0.3) is 0 Å². The highest BCUT2D eigenvalue weighted by Gasteiger charge is 2.36. The highest BCUT2D eigenvalue weighted by atomic mass is 35.5. The van der Waals surface area contributed by atoms with E-state index >= 15 is 0 Å². The third-order valence-electron chi connectivity index (χ3n) is 3.41. The number of sulfone groups is 1. The Balaban J connectivity index is 2.50. The van der Waals surface area contributed by atoms with Crippen LogP contribution < -0.4 is 0 Å². The molecule has 23 heavy (non-hydrogen) atoms. The van der Waals surface area contributed by atoms with E-state index in [2.05, 4.69) is 0 Å². The first kappa shape index (κ1) is 17.7. The van der Waals surface area contributed by atoms with Crippen LogP contribution in [0, 0.1) is 5.92 Å². The molecule has 1 fully saturated rings. The van der Waals surface area contributed by atoms with Gasteiger partial charge >= 0.3 is 0 Å². The lowest BCUT2D eigenvalue weighted by atomic mass is 9.98. The average molecular weight is 357 g/mol. The minimum absolute atomic E-state index is 0.0724. The molecule has 0 atom stereocenters. The maximum Gasteiger partial charge on any atom is 0.201 e. The third kappa shape index (κ3) is 4.20. The monoisotopic (exact) mass is 356 g/mol. The van der Waals surface area contributed by atoms with E-state index in [1.807, 2.05) is 0 Å². The SMILES string of the molecule is CCOC=C(C(=O)c1ccc(Cl)cc1S(C)(=O)=O)C(=O)C1CC1. The van der Waals surface area contributed by atoms with Crippen LogP contribution in [0.25, 0.3) is 0 Å². The van der Waals surface area contributed by atoms with Crippen LogP contribution in [0.3, 0.4) is 0 Å². The first-order chi connectivity index (χ1) is 10.8. The number of halogens is 1. The van der Waals surface area contributed by atoms with Crippen LogP contribution in [-0.4, -0.2) is 32.8 Å². The van der Waals surface area contributed by atoms with Gasteiger partial charge in [0.1, 0.15) is 5.57 Å². The van der Waals surface area contributed by atoms with Crippen LogP contribution in [0.4, 0.5) is 0 Å². The Labute approximate surface area is 140 Å². The highest BCUT2D eigenvalue weighted by molar-refractivity contribution is 7.90. The summed E-state index contributed by atoms with van der Waals surface area (Å²) in [5, 5.41) is 0.200. The summed E-state index contributed by atoms with van der Waals surface area (Å²) < 4.78 is 28.9. The Hall–Kier alpha value is -1.66. The van der Waals surface area contributed by atoms with Crippen LogP contribution in [0.15, 0.2) is 34.9 Å². The predicted octanol–water partition coefficient (Wildman–Crippen LogP) is 2.83. The average Bonchev–Trinajstić information content (AvgIpc) is 3.30. The number of hydrogen-bond acceptors (Lipinski definition) is 5. The molecular formula is C16H17ClO5S. The number of benzene rings is 1. The number of rotatable bonds is 7. The summed E-state index contributed by atoms with van der Waals surface area (Å²) in [5.74, 6) is -1.15. The Morgan fingerprint density at radius 1 is 1.35 bits per heavy atom. The number of hydrogen-bond donors (Lipinski definition) is 0. The van der Waals surface area contributed by atoms with E-state index in [0.717, 1.165) is 25.4 Å². The molecule has 1 saturated carbocycles. The lowest BCUT2D eigenvalue weighted by Gasteiger charge is -2.10. The van der Waals surface area contributed by atoms with E-state index < -0.39 is 15.6 Å². The lowest BCUT2D eigenvalue weighted by Crippen LogP contribution is -2.18. The van der Waals surface area contributed by atoms with Gasteiger partial charge in [-0.05, 0) is 38.0 Å². The van der Waals surface area contributed by atoms with Crippen molar-refractivity contribution < 1.29 is 22.7 Å². The lowest BCUT2D eigenvalue weighted by molar-refractivity contribution is -0.116. The van der Waals surface area contributed by atoms with Gasteiger partial charge in [0, 0.05) is 22.8 Å². The molecule has 1 aromatic rings. The molecule has 1 aromatic carbocycles. The zero-order chi connectivity index (χ0) is 17.2. The van der Waals surface area contributed by atoms with Crippen LogP contribution in [0.5, 0.6) is 0 Å². The van der Waals surface area contributed by atoms with Crippen molar-refractivity contribution in [1.82, 2.24) is 0 Å². The quantitative estimate of drug-likeness (QED) is 0.247. The smallest absolute Gasteiger partial charge is 0.201 e. The van der Waals surface area contributed by atoms with Gasteiger partial charge in [-0.25, -0.2) is 8.42 Å². The van der Waals surface area contributed by atoms with Crippen LogP contribution in [-0.2, 0) is 19.4 Å². The highest BCUT2D eigenvalue weighted by Crippen LogP contribution is 2.34. The van der Waals surface area contributed by atoms with Gasteiger partial charge < -0.3 is 4.74 Å². The zero-order valence-electron chi connectivity index (χ0n) is 12.8. The van der Waals surface area contributed by atoms with Crippen molar-refractivity contribution in [2.45, 2.75) is 24.7 Å². The van der Waals surface area contributed by atoms with Gasteiger partial charge in [-0.2, -0.15) is 0 Å². The first-order valence-electron chi connectivity index (χ1n) is 7.16. The second kappa shape index (κ2) is 6.84. The minimum atomic E-state index is -3.67. The minimum Gasteiger partial charge on any atom is -0.501 e. The fraction of sp³-hybridized carbons (Fsp3) is 0.375. The van der Waals surface area contributed by atoms with Gasteiger partial charge in [0.2, 0.25) is 5.78 Å². The van der Waals surface area contributed by atoms with Crippen molar-refractivity contribution in [1.29, 1.82) is 0 Å². The molecule has 1 aliphatic rings. The summed E-state index contributed by atoms with van der Waals surface area (Å²) in [6.07, 6.45) is 3.58. The standard InChI is InChI=1S/C16H17ClO5S/c1-3-22-9-13(15(18)10-4-5-10)16(19)12-7-6-11(17)8-14(12)23(2,20)21/h6-10H,3-5H2,1-2H3. The maximum atomic E-state index is 12.7. The Morgan fingerprint density at radius 3 is 2.52 bits per heavy atom. The second-order valence-corrected chi connectivity index (χ2v) is 7.79. The third-order valence-corrected chi connectivity index (χ3v) is 4.79. The molecule has 2 rings (SSSR count). The molecule has 0 spiro atoms. The summed E-state index contributed by atoms with van der Waals surface area (Å²) in [4.78, 5) is 24.8. The number of ether oxygens (including phenoxy) is 1. The van der Waals surface area contributed by atoms with Gasteiger partial charge in [0.05, 0.1) is 17.8 Å². The number of allylic oxidation sites excluding steroid dienone is 1. The van der Waals surface area contributed by atoms with E-state index in [1.54, 1.807) is 6.92 Å². The van der Waals surface area contributed by atoms with Crippen molar-refractivity contribution in [3.63, 3.8) is 0 Å². The zero-order valence-corrected chi connectivity index (χ0v) is 14.4. The van der Waals surface area contributed by atoms with Crippen LogP contribution in [0.2, 0.25) is 5.02 Å². The molecule has 0 heterocycles. The van der Waals surface area contributed by atoms with Crippen LogP contribution >= 0.6 is 11.6 Å². The topological polar surface area (TPSA) is 77.5 Å². The molecule has 0 aliphatic heterocycles. The Kier molecular flexibility index (Phi) is 5.26. The van der Waals surface area contributed by atoms with Crippen molar-refractivity contribution in [3.8, 4) is 0 Å². The van der Waals surface area contributed by atoms with Crippen molar-refractivity contribution in [2.75, 3.05) is 12.9 Å². The largest absolute Gasteiger partial charge is 0.501 e. The second-order valence-electron chi connectivity index (χ2n) is 5.37. The van der Waals surface area contributed by atoms with Crippen molar-refractivity contribution >= 4 is 33.0 Å². The molecule has 0 radical (unpaired) electrons. The normalized spacial score (nSPS) is 15.3. The molecule has 0 bridgehead atoms. The molecular weight excluding hydrogens is 340 g/mol. The van der Waals surface area contributed by atoms with E-state index in [4.69, 9.17) is 16.3 Å². The summed E-state index contributed by atoms with van der Waals surface area (Å²) >= 11 is 5.83.